The summed E-state index contributed by atoms with van der Waals surface area (Å²) in [7, 11) is 0. The molecule has 0 saturated heterocycles. The van der Waals surface area contributed by atoms with Crippen LogP contribution in [0.3, 0.4) is 0 Å². The minimum Gasteiger partial charge on any atom is -0.389 e. The smallest absolute Gasteiger partial charge is 0.0723 e. The highest BCUT2D eigenvalue weighted by molar-refractivity contribution is 5.06. The van der Waals surface area contributed by atoms with Crippen LogP contribution in [0.4, 0.5) is 0 Å². The van der Waals surface area contributed by atoms with E-state index in [-0.39, 0.29) is 6.10 Å². The van der Waals surface area contributed by atoms with Crippen molar-refractivity contribution in [2.75, 3.05) is 0 Å². The summed E-state index contributed by atoms with van der Waals surface area (Å²) in [5.41, 5.74) is 1.47. The zero-order valence-corrected chi connectivity index (χ0v) is 7.34. The van der Waals surface area contributed by atoms with Gasteiger partial charge < -0.3 is 5.11 Å². The molecule has 0 radical (unpaired) electrons. The summed E-state index contributed by atoms with van der Waals surface area (Å²) in [6, 6.07) is 0. The molecule has 0 amide bonds. The van der Waals surface area contributed by atoms with Crippen LogP contribution in [0.5, 0.6) is 0 Å². The van der Waals surface area contributed by atoms with E-state index in [0.29, 0.717) is 0 Å². The van der Waals surface area contributed by atoms with Gasteiger partial charge in [0.25, 0.3) is 0 Å². The van der Waals surface area contributed by atoms with Crippen molar-refractivity contribution >= 4 is 0 Å². The Kier molecular flexibility index (Phi) is 3.64. The summed E-state index contributed by atoms with van der Waals surface area (Å²) in [6.07, 6.45) is 8.93. The third kappa shape index (κ3) is 3.06. The van der Waals surface area contributed by atoms with Crippen LogP contribution < -0.4 is 0 Å². The molecule has 0 aromatic rings. The fraction of sp³-hybridized carbons (Fsp3) is 0.800. The Labute approximate surface area is 69.1 Å². The second-order valence-corrected chi connectivity index (χ2v) is 3.39. The molecular weight excluding hydrogens is 136 g/mol. The van der Waals surface area contributed by atoms with Gasteiger partial charge in [0.05, 0.1) is 6.10 Å². The SMILES string of the molecule is CCCC1=CC(O)CCCC1. The second-order valence-electron chi connectivity index (χ2n) is 3.39. The average molecular weight is 154 g/mol. The molecule has 1 rings (SSSR count). The van der Waals surface area contributed by atoms with E-state index >= 15 is 0 Å². The molecule has 1 N–H and O–H groups in total. The van der Waals surface area contributed by atoms with E-state index in [1.807, 2.05) is 0 Å². The lowest BCUT2D eigenvalue weighted by atomic mass is 10.1. The number of hydrogen-bond donors (Lipinski definition) is 1. The lowest BCUT2D eigenvalue weighted by Crippen LogP contribution is -2.00. The van der Waals surface area contributed by atoms with Crippen LogP contribution in [0.2, 0.25) is 0 Å². The van der Waals surface area contributed by atoms with Crippen molar-refractivity contribution in [2.45, 2.75) is 51.6 Å². The number of allylic oxidation sites excluding steroid dienone is 1. The number of aliphatic hydroxyl groups is 1. The minimum absolute atomic E-state index is 0.154. The van der Waals surface area contributed by atoms with Crippen molar-refractivity contribution in [3.63, 3.8) is 0 Å². The van der Waals surface area contributed by atoms with Gasteiger partial charge in [0.1, 0.15) is 0 Å². The predicted molar refractivity (Wildman–Crippen MR) is 47.5 cm³/mol. The molecule has 0 heterocycles. The Morgan fingerprint density at radius 2 is 2.36 bits per heavy atom. The summed E-state index contributed by atoms with van der Waals surface area (Å²) < 4.78 is 0. The quantitative estimate of drug-likeness (QED) is 0.606. The maximum Gasteiger partial charge on any atom is 0.0723 e. The van der Waals surface area contributed by atoms with Gasteiger partial charge in [-0.3, -0.25) is 0 Å². The fourth-order valence-electron chi connectivity index (χ4n) is 1.67. The molecule has 64 valence electrons. The molecule has 1 unspecified atom stereocenters. The van der Waals surface area contributed by atoms with Crippen LogP contribution in [0.15, 0.2) is 11.6 Å². The standard InChI is InChI=1S/C10H18O/c1-2-5-9-6-3-4-7-10(11)8-9/h8,10-11H,2-7H2,1H3. The number of hydrogen-bond acceptors (Lipinski definition) is 1. The van der Waals surface area contributed by atoms with Crippen molar-refractivity contribution in [3.8, 4) is 0 Å². The molecule has 0 aromatic carbocycles. The van der Waals surface area contributed by atoms with Crippen LogP contribution in [-0.4, -0.2) is 11.2 Å². The first kappa shape index (κ1) is 8.79. The molecule has 1 aliphatic rings. The molecule has 0 saturated carbocycles. The van der Waals surface area contributed by atoms with Gasteiger partial charge in [0.2, 0.25) is 0 Å². The van der Waals surface area contributed by atoms with Crippen LogP contribution in [-0.2, 0) is 0 Å². The summed E-state index contributed by atoms with van der Waals surface area (Å²) in [6.45, 7) is 2.19. The molecule has 1 heteroatoms. The van der Waals surface area contributed by atoms with E-state index in [1.54, 1.807) is 0 Å². The van der Waals surface area contributed by atoms with Crippen LogP contribution in [0, 0.1) is 0 Å². The average Bonchev–Trinajstić information content (AvgIpc) is 2.15. The van der Waals surface area contributed by atoms with E-state index in [9.17, 15) is 5.11 Å². The Bertz CT molecular complexity index is 138. The van der Waals surface area contributed by atoms with Gasteiger partial charge in [-0.15, -0.1) is 0 Å². The normalized spacial score (nSPS) is 26.0. The Morgan fingerprint density at radius 3 is 3.09 bits per heavy atom. The van der Waals surface area contributed by atoms with Gasteiger partial charge >= 0.3 is 0 Å². The van der Waals surface area contributed by atoms with Crippen molar-refractivity contribution < 1.29 is 5.11 Å². The lowest BCUT2D eigenvalue weighted by Gasteiger charge is -2.03. The molecule has 0 spiro atoms. The number of aliphatic hydroxyl groups excluding tert-OH is 1. The molecule has 11 heavy (non-hydrogen) atoms. The molecule has 1 atom stereocenters. The highest BCUT2D eigenvalue weighted by Crippen LogP contribution is 2.20. The topological polar surface area (TPSA) is 20.2 Å². The first-order valence-electron chi connectivity index (χ1n) is 4.70. The zero-order chi connectivity index (χ0) is 8.10. The fourth-order valence-corrected chi connectivity index (χ4v) is 1.67. The summed E-state index contributed by atoms with van der Waals surface area (Å²) in [5, 5.41) is 9.41. The van der Waals surface area contributed by atoms with Gasteiger partial charge in [-0.25, -0.2) is 0 Å². The third-order valence-corrected chi connectivity index (χ3v) is 2.25. The third-order valence-electron chi connectivity index (χ3n) is 2.25. The first-order chi connectivity index (χ1) is 5.33. The first-order valence-corrected chi connectivity index (χ1v) is 4.70. The molecule has 1 aliphatic carbocycles. The minimum atomic E-state index is -0.154. The molecule has 0 aliphatic heterocycles. The summed E-state index contributed by atoms with van der Waals surface area (Å²) in [4.78, 5) is 0. The summed E-state index contributed by atoms with van der Waals surface area (Å²) >= 11 is 0. The van der Waals surface area contributed by atoms with Crippen molar-refractivity contribution in [2.24, 2.45) is 0 Å². The van der Waals surface area contributed by atoms with Gasteiger partial charge in [0.15, 0.2) is 0 Å². The van der Waals surface area contributed by atoms with Crippen LogP contribution >= 0.6 is 0 Å². The van der Waals surface area contributed by atoms with E-state index in [2.05, 4.69) is 13.0 Å². The Hall–Kier alpha value is -0.300. The zero-order valence-electron chi connectivity index (χ0n) is 7.34. The summed E-state index contributed by atoms with van der Waals surface area (Å²) in [5.74, 6) is 0. The van der Waals surface area contributed by atoms with Crippen LogP contribution in [0.1, 0.15) is 45.4 Å². The monoisotopic (exact) mass is 154 g/mol. The van der Waals surface area contributed by atoms with Gasteiger partial charge in [-0.2, -0.15) is 0 Å². The second kappa shape index (κ2) is 4.55. The highest BCUT2D eigenvalue weighted by atomic mass is 16.3. The van der Waals surface area contributed by atoms with Gasteiger partial charge in [0, 0.05) is 0 Å². The van der Waals surface area contributed by atoms with E-state index in [1.165, 1.54) is 37.7 Å². The van der Waals surface area contributed by atoms with Crippen LogP contribution in [0.25, 0.3) is 0 Å². The predicted octanol–water partition coefficient (Wildman–Crippen LogP) is 2.65. The molecule has 0 aromatic heterocycles. The highest BCUT2D eigenvalue weighted by Gasteiger charge is 2.07. The maximum absolute atomic E-state index is 9.41. The van der Waals surface area contributed by atoms with Crippen molar-refractivity contribution in [1.29, 1.82) is 0 Å². The molecular formula is C10H18O. The lowest BCUT2D eigenvalue weighted by molar-refractivity contribution is 0.211. The molecule has 0 bridgehead atoms. The molecule has 1 nitrogen and oxygen atoms in total. The molecule has 0 fully saturated rings. The maximum atomic E-state index is 9.41. The van der Waals surface area contributed by atoms with Gasteiger partial charge in [-0.1, -0.05) is 31.4 Å². The Morgan fingerprint density at radius 1 is 1.55 bits per heavy atom. The van der Waals surface area contributed by atoms with E-state index in [0.717, 1.165) is 6.42 Å². The van der Waals surface area contributed by atoms with Gasteiger partial charge in [-0.05, 0) is 25.7 Å². The van der Waals surface area contributed by atoms with Crippen molar-refractivity contribution in [3.05, 3.63) is 11.6 Å². The van der Waals surface area contributed by atoms with E-state index in [4.69, 9.17) is 0 Å². The Balaban J connectivity index is 2.45. The van der Waals surface area contributed by atoms with Crippen molar-refractivity contribution in [1.82, 2.24) is 0 Å². The number of rotatable bonds is 2. The largest absolute Gasteiger partial charge is 0.389 e. The van der Waals surface area contributed by atoms with E-state index < -0.39 is 0 Å².